The molecule has 90 valence electrons. The van der Waals surface area contributed by atoms with E-state index in [0.717, 1.165) is 38.3 Å². The number of rotatable bonds is 4. The molecule has 0 radical (unpaired) electrons. The van der Waals surface area contributed by atoms with Gasteiger partial charge in [-0.1, -0.05) is 6.92 Å². The van der Waals surface area contributed by atoms with E-state index in [4.69, 9.17) is 0 Å². The van der Waals surface area contributed by atoms with Crippen molar-refractivity contribution in [3.8, 4) is 0 Å². The van der Waals surface area contributed by atoms with E-state index in [9.17, 15) is 5.11 Å². The fraction of sp³-hybridized carbons (Fsp3) is 0.750. The van der Waals surface area contributed by atoms with Crippen molar-refractivity contribution in [2.24, 2.45) is 0 Å². The van der Waals surface area contributed by atoms with E-state index in [-0.39, 0.29) is 0 Å². The number of likely N-dealkylation sites (tertiary alicyclic amines) is 1. The molecule has 1 atom stereocenters. The third kappa shape index (κ3) is 2.44. The molecule has 0 bridgehead atoms. The normalized spacial score (nSPS) is 26.4. The molecule has 16 heavy (non-hydrogen) atoms. The van der Waals surface area contributed by atoms with Crippen LogP contribution in [0.5, 0.6) is 0 Å². The maximum absolute atomic E-state index is 10.4. The van der Waals surface area contributed by atoms with Crippen LogP contribution >= 0.6 is 0 Å². The number of hydrogen-bond donors (Lipinski definition) is 1. The number of hydrogen-bond acceptors (Lipinski definition) is 3. The first kappa shape index (κ1) is 11.6. The van der Waals surface area contributed by atoms with Gasteiger partial charge in [-0.15, -0.1) is 0 Å². The van der Waals surface area contributed by atoms with Gasteiger partial charge in [-0.05, 0) is 19.9 Å². The second kappa shape index (κ2) is 4.55. The van der Waals surface area contributed by atoms with Crippen LogP contribution in [0.1, 0.15) is 25.6 Å². The molecule has 1 aliphatic rings. The van der Waals surface area contributed by atoms with Crippen LogP contribution in [0.3, 0.4) is 0 Å². The van der Waals surface area contributed by atoms with Gasteiger partial charge in [0, 0.05) is 38.4 Å². The standard InChI is InChI=1S/C12H21N3O/c1-3-6-15-8-5-13-11(15)9-12(16)4-7-14(2)10-12/h5,8,16H,3-4,6-7,9-10H2,1-2H3. The van der Waals surface area contributed by atoms with E-state index in [1.54, 1.807) is 0 Å². The summed E-state index contributed by atoms with van der Waals surface area (Å²) >= 11 is 0. The lowest BCUT2D eigenvalue weighted by Gasteiger charge is -2.22. The number of β-amino-alcohol motifs (C(OH)–C–C–N with tert-alkyl or cyclic N) is 1. The maximum Gasteiger partial charge on any atom is 0.111 e. The number of aromatic nitrogens is 2. The summed E-state index contributed by atoms with van der Waals surface area (Å²) in [7, 11) is 2.05. The predicted molar refractivity (Wildman–Crippen MR) is 63.3 cm³/mol. The predicted octanol–water partition coefficient (Wildman–Crippen LogP) is 0.902. The Morgan fingerprint density at radius 3 is 3.00 bits per heavy atom. The van der Waals surface area contributed by atoms with E-state index in [1.165, 1.54) is 0 Å². The van der Waals surface area contributed by atoms with Crippen molar-refractivity contribution in [3.05, 3.63) is 18.2 Å². The Hall–Kier alpha value is -0.870. The number of likely N-dealkylation sites (N-methyl/N-ethyl adjacent to an activating group) is 1. The zero-order valence-electron chi connectivity index (χ0n) is 10.2. The van der Waals surface area contributed by atoms with Crippen LogP contribution in [0.15, 0.2) is 12.4 Å². The first-order chi connectivity index (χ1) is 7.63. The second-order valence-corrected chi connectivity index (χ2v) is 4.93. The van der Waals surface area contributed by atoms with Gasteiger partial charge in [0.2, 0.25) is 0 Å². The average Bonchev–Trinajstić information content (AvgIpc) is 2.76. The Morgan fingerprint density at radius 1 is 1.56 bits per heavy atom. The van der Waals surface area contributed by atoms with Crippen molar-refractivity contribution in [3.63, 3.8) is 0 Å². The van der Waals surface area contributed by atoms with Crippen LogP contribution < -0.4 is 0 Å². The molecule has 1 N–H and O–H groups in total. The van der Waals surface area contributed by atoms with E-state index in [2.05, 4.69) is 28.4 Å². The van der Waals surface area contributed by atoms with Crippen LogP contribution in [0.25, 0.3) is 0 Å². The second-order valence-electron chi connectivity index (χ2n) is 4.93. The van der Waals surface area contributed by atoms with Crippen molar-refractivity contribution in [1.29, 1.82) is 0 Å². The lowest BCUT2D eigenvalue weighted by Crippen LogP contribution is -2.35. The topological polar surface area (TPSA) is 41.3 Å². The first-order valence-electron chi connectivity index (χ1n) is 6.04. The molecular weight excluding hydrogens is 202 g/mol. The van der Waals surface area contributed by atoms with Gasteiger partial charge in [-0.2, -0.15) is 0 Å². The maximum atomic E-state index is 10.4. The van der Waals surface area contributed by atoms with E-state index in [0.29, 0.717) is 6.42 Å². The summed E-state index contributed by atoms with van der Waals surface area (Å²) < 4.78 is 2.15. The minimum atomic E-state index is -0.578. The van der Waals surface area contributed by atoms with E-state index in [1.807, 2.05) is 12.4 Å². The molecule has 0 aromatic carbocycles. The Labute approximate surface area is 96.9 Å². The van der Waals surface area contributed by atoms with Gasteiger partial charge in [-0.3, -0.25) is 0 Å². The molecule has 4 nitrogen and oxygen atoms in total. The van der Waals surface area contributed by atoms with Crippen LogP contribution in [-0.2, 0) is 13.0 Å². The van der Waals surface area contributed by atoms with Crippen molar-refractivity contribution in [2.75, 3.05) is 20.1 Å². The summed E-state index contributed by atoms with van der Waals surface area (Å²) in [6.45, 7) is 4.88. The van der Waals surface area contributed by atoms with Gasteiger partial charge in [0.1, 0.15) is 5.82 Å². The highest BCUT2D eigenvalue weighted by molar-refractivity contribution is 5.02. The van der Waals surface area contributed by atoms with E-state index >= 15 is 0 Å². The summed E-state index contributed by atoms with van der Waals surface area (Å²) in [6, 6.07) is 0. The molecule has 1 saturated heterocycles. The van der Waals surface area contributed by atoms with Crippen LogP contribution in [0, 0.1) is 0 Å². The number of imidazole rings is 1. The zero-order valence-corrected chi connectivity index (χ0v) is 10.2. The van der Waals surface area contributed by atoms with E-state index < -0.39 is 5.60 Å². The molecule has 1 aromatic rings. The van der Waals surface area contributed by atoms with Crippen LogP contribution in [0.2, 0.25) is 0 Å². The third-order valence-electron chi connectivity index (χ3n) is 3.28. The summed E-state index contributed by atoms with van der Waals surface area (Å²) in [5.74, 6) is 1.01. The molecule has 1 fully saturated rings. The first-order valence-corrected chi connectivity index (χ1v) is 6.04. The van der Waals surface area contributed by atoms with Gasteiger partial charge in [0.05, 0.1) is 5.60 Å². The molecule has 0 spiro atoms. The highest BCUT2D eigenvalue weighted by Gasteiger charge is 2.35. The van der Waals surface area contributed by atoms with Gasteiger partial charge < -0.3 is 14.6 Å². The van der Waals surface area contributed by atoms with Crippen molar-refractivity contribution in [1.82, 2.24) is 14.5 Å². The third-order valence-corrected chi connectivity index (χ3v) is 3.28. The molecule has 0 amide bonds. The minimum absolute atomic E-state index is 0.578. The molecule has 1 aliphatic heterocycles. The number of aliphatic hydroxyl groups is 1. The Bertz CT molecular complexity index is 350. The molecule has 4 heteroatoms. The summed E-state index contributed by atoms with van der Waals surface area (Å²) in [5, 5.41) is 10.4. The van der Waals surface area contributed by atoms with Crippen molar-refractivity contribution < 1.29 is 5.11 Å². The van der Waals surface area contributed by atoms with Crippen LogP contribution in [0.4, 0.5) is 0 Å². The quantitative estimate of drug-likeness (QED) is 0.824. The SMILES string of the molecule is CCCn1ccnc1CC1(O)CCN(C)C1. The van der Waals surface area contributed by atoms with Gasteiger partial charge in [-0.25, -0.2) is 4.98 Å². The highest BCUT2D eigenvalue weighted by atomic mass is 16.3. The van der Waals surface area contributed by atoms with Crippen molar-refractivity contribution in [2.45, 2.75) is 38.3 Å². The molecular formula is C12H21N3O. The zero-order chi connectivity index (χ0) is 11.6. The lowest BCUT2D eigenvalue weighted by molar-refractivity contribution is 0.0495. The Kier molecular flexibility index (Phi) is 3.30. The number of nitrogens with zero attached hydrogens (tertiary/aromatic N) is 3. The number of aryl methyl sites for hydroxylation is 1. The Morgan fingerprint density at radius 2 is 2.38 bits per heavy atom. The van der Waals surface area contributed by atoms with Gasteiger partial charge >= 0.3 is 0 Å². The summed E-state index contributed by atoms with van der Waals surface area (Å²) in [5.41, 5.74) is -0.578. The smallest absolute Gasteiger partial charge is 0.111 e. The average molecular weight is 223 g/mol. The molecule has 0 aliphatic carbocycles. The van der Waals surface area contributed by atoms with Gasteiger partial charge in [0.25, 0.3) is 0 Å². The minimum Gasteiger partial charge on any atom is -0.388 e. The largest absolute Gasteiger partial charge is 0.388 e. The molecule has 1 aromatic heterocycles. The molecule has 1 unspecified atom stereocenters. The Balaban J connectivity index is 2.05. The summed E-state index contributed by atoms with van der Waals surface area (Å²) in [4.78, 5) is 6.53. The lowest BCUT2D eigenvalue weighted by atomic mass is 9.98. The molecule has 0 saturated carbocycles. The van der Waals surface area contributed by atoms with Crippen LogP contribution in [-0.4, -0.2) is 45.3 Å². The monoisotopic (exact) mass is 223 g/mol. The molecule has 2 rings (SSSR count). The van der Waals surface area contributed by atoms with Crippen molar-refractivity contribution >= 4 is 0 Å². The molecule has 2 heterocycles. The summed E-state index contributed by atoms with van der Waals surface area (Å²) in [6.07, 6.45) is 6.45. The fourth-order valence-electron chi connectivity index (χ4n) is 2.45. The highest BCUT2D eigenvalue weighted by Crippen LogP contribution is 2.23. The van der Waals surface area contributed by atoms with Gasteiger partial charge in [0.15, 0.2) is 0 Å². The fourth-order valence-corrected chi connectivity index (χ4v) is 2.45.